The van der Waals surface area contributed by atoms with Crippen LogP contribution in [0.3, 0.4) is 0 Å². The fourth-order valence-corrected chi connectivity index (χ4v) is 3.01. The van der Waals surface area contributed by atoms with Crippen LogP contribution in [0.2, 0.25) is 0 Å². The lowest BCUT2D eigenvalue weighted by Gasteiger charge is -2.19. The molecule has 0 saturated carbocycles. The normalized spacial score (nSPS) is 11.1. The van der Waals surface area contributed by atoms with Gasteiger partial charge in [-0.2, -0.15) is 0 Å². The van der Waals surface area contributed by atoms with Crippen LogP contribution >= 0.6 is 0 Å². The molecule has 1 N–H and O–H groups in total. The second kappa shape index (κ2) is 8.95. The van der Waals surface area contributed by atoms with Crippen molar-refractivity contribution in [1.29, 1.82) is 0 Å². The number of fused-ring (bicyclic) bond motifs is 1. The van der Waals surface area contributed by atoms with Gasteiger partial charge in [-0.25, -0.2) is 4.79 Å². The molecular formula is C24H24N2O5. The van der Waals surface area contributed by atoms with Crippen molar-refractivity contribution in [2.75, 3.05) is 13.7 Å². The second-order valence-corrected chi connectivity index (χ2v) is 7.93. The number of methoxy groups -OCH3 is 1. The number of hydrogen-bond donors (Lipinski definition) is 1. The first-order valence-corrected chi connectivity index (χ1v) is 9.75. The molecule has 3 aromatic rings. The number of amides is 1. The molecule has 0 atom stereocenters. The first kappa shape index (κ1) is 22.0. The van der Waals surface area contributed by atoms with Crippen molar-refractivity contribution in [2.24, 2.45) is 0 Å². The minimum Gasteiger partial charge on any atom is -0.468 e. The molecule has 1 heterocycles. The first-order valence-electron chi connectivity index (χ1n) is 9.75. The third-order valence-corrected chi connectivity index (χ3v) is 4.44. The molecule has 0 spiro atoms. The number of nitrogens with one attached hydrogen (secondary N) is 1. The van der Waals surface area contributed by atoms with Crippen molar-refractivity contribution < 1.29 is 23.9 Å². The number of rotatable bonds is 5. The van der Waals surface area contributed by atoms with Gasteiger partial charge < -0.3 is 14.8 Å². The molecule has 0 aliphatic heterocycles. The highest BCUT2D eigenvalue weighted by Crippen LogP contribution is 2.26. The van der Waals surface area contributed by atoms with Crippen molar-refractivity contribution in [3.8, 4) is 11.1 Å². The third kappa shape index (κ3) is 5.45. The highest BCUT2D eigenvalue weighted by Gasteiger charge is 2.18. The fraction of sp³-hybridized carbons (Fsp3) is 0.250. The number of aromatic nitrogens is 1. The Balaban J connectivity index is 1.90. The molecule has 0 aliphatic rings. The molecule has 1 amide bonds. The highest BCUT2D eigenvalue weighted by atomic mass is 16.6. The monoisotopic (exact) mass is 420 g/mol. The highest BCUT2D eigenvalue weighted by molar-refractivity contribution is 6.07. The zero-order valence-corrected chi connectivity index (χ0v) is 17.9. The Morgan fingerprint density at radius 2 is 1.74 bits per heavy atom. The quantitative estimate of drug-likeness (QED) is 0.632. The minimum atomic E-state index is -0.579. The predicted molar refractivity (Wildman–Crippen MR) is 117 cm³/mol. The molecular weight excluding hydrogens is 396 g/mol. The van der Waals surface area contributed by atoms with Crippen LogP contribution in [0.25, 0.3) is 22.0 Å². The van der Waals surface area contributed by atoms with Gasteiger partial charge in [-0.3, -0.25) is 14.6 Å². The molecule has 31 heavy (non-hydrogen) atoms. The lowest BCUT2D eigenvalue weighted by Crippen LogP contribution is -2.30. The lowest BCUT2D eigenvalue weighted by atomic mass is 9.99. The molecule has 7 nitrogen and oxygen atoms in total. The summed E-state index contributed by atoms with van der Waals surface area (Å²) >= 11 is 0. The fourth-order valence-electron chi connectivity index (χ4n) is 3.01. The average molecular weight is 420 g/mol. The Morgan fingerprint density at radius 3 is 2.45 bits per heavy atom. The van der Waals surface area contributed by atoms with Gasteiger partial charge in [0.05, 0.1) is 23.8 Å². The molecule has 0 aliphatic carbocycles. The summed E-state index contributed by atoms with van der Waals surface area (Å²) in [5.74, 6) is -1.31. The lowest BCUT2D eigenvalue weighted by molar-refractivity contribution is -0.139. The summed E-state index contributed by atoms with van der Waals surface area (Å²) in [7, 11) is 1.26. The maximum absolute atomic E-state index is 12.5. The number of pyridine rings is 1. The summed E-state index contributed by atoms with van der Waals surface area (Å²) in [4.78, 5) is 40.5. The van der Waals surface area contributed by atoms with E-state index in [1.807, 2.05) is 39.0 Å². The minimum absolute atomic E-state index is 0.214. The van der Waals surface area contributed by atoms with Gasteiger partial charge in [-0.15, -0.1) is 0 Å². The van der Waals surface area contributed by atoms with Gasteiger partial charge in [-0.1, -0.05) is 24.3 Å². The van der Waals surface area contributed by atoms with Crippen LogP contribution in [0.15, 0.2) is 54.7 Å². The SMILES string of the molecule is COC(=O)CNC(=O)c1ccnc2cc(-c3cccc(C(=O)OC(C)(C)C)c3)ccc12. The summed E-state index contributed by atoms with van der Waals surface area (Å²) in [6.45, 7) is 5.25. The first-order chi connectivity index (χ1) is 14.7. The molecule has 7 heteroatoms. The van der Waals surface area contributed by atoms with E-state index in [4.69, 9.17) is 4.74 Å². The molecule has 0 unspecified atom stereocenters. The van der Waals surface area contributed by atoms with E-state index in [0.717, 1.165) is 11.1 Å². The average Bonchev–Trinajstić information content (AvgIpc) is 2.75. The molecule has 2 aromatic carbocycles. The maximum atomic E-state index is 12.5. The van der Waals surface area contributed by atoms with Crippen molar-refractivity contribution >= 4 is 28.7 Å². The van der Waals surface area contributed by atoms with E-state index in [9.17, 15) is 14.4 Å². The number of esters is 2. The van der Waals surface area contributed by atoms with Crippen LogP contribution in [-0.2, 0) is 14.3 Å². The summed E-state index contributed by atoms with van der Waals surface area (Å²) in [5, 5.41) is 3.18. The van der Waals surface area contributed by atoms with Crippen molar-refractivity contribution in [1.82, 2.24) is 10.3 Å². The van der Waals surface area contributed by atoms with Crippen LogP contribution in [-0.4, -0.2) is 42.1 Å². The van der Waals surface area contributed by atoms with Crippen molar-refractivity contribution in [3.05, 3.63) is 65.9 Å². The van der Waals surface area contributed by atoms with Gasteiger partial charge in [0.1, 0.15) is 12.1 Å². The van der Waals surface area contributed by atoms with E-state index in [1.54, 1.807) is 30.3 Å². The Kier molecular flexibility index (Phi) is 6.34. The van der Waals surface area contributed by atoms with E-state index in [1.165, 1.54) is 13.3 Å². The molecule has 3 rings (SSSR count). The Labute approximate surface area is 180 Å². The zero-order chi connectivity index (χ0) is 22.6. The summed E-state index contributed by atoms with van der Waals surface area (Å²) in [6, 6.07) is 14.3. The van der Waals surface area contributed by atoms with Gasteiger partial charge in [0.2, 0.25) is 0 Å². The van der Waals surface area contributed by atoms with Crippen LogP contribution in [0.4, 0.5) is 0 Å². The van der Waals surface area contributed by atoms with Crippen molar-refractivity contribution in [3.63, 3.8) is 0 Å². The number of ether oxygens (including phenoxy) is 2. The van der Waals surface area contributed by atoms with E-state index in [0.29, 0.717) is 22.0 Å². The van der Waals surface area contributed by atoms with Gasteiger partial charge >= 0.3 is 11.9 Å². The summed E-state index contributed by atoms with van der Waals surface area (Å²) < 4.78 is 9.99. The summed E-state index contributed by atoms with van der Waals surface area (Å²) in [5.41, 5.74) is 2.57. The smallest absolute Gasteiger partial charge is 0.338 e. The van der Waals surface area contributed by atoms with Crippen LogP contribution in [0, 0.1) is 0 Å². The molecule has 1 aromatic heterocycles. The third-order valence-electron chi connectivity index (χ3n) is 4.44. The van der Waals surface area contributed by atoms with Gasteiger partial charge in [0.25, 0.3) is 5.91 Å². The maximum Gasteiger partial charge on any atom is 0.338 e. The molecule has 160 valence electrons. The Morgan fingerprint density at radius 1 is 1.00 bits per heavy atom. The van der Waals surface area contributed by atoms with Gasteiger partial charge in [-0.05, 0) is 56.2 Å². The van der Waals surface area contributed by atoms with Crippen LogP contribution < -0.4 is 5.32 Å². The number of carbonyl (C=O) groups is 3. The Hall–Kier alpha value is -3.74. The van der Waals surface area contributed by atoms with Gasteiger partial charge in [0, 0.05) is 11.6 Å². The van der Waals surface area contributed by atoms with Crippen molar-refractivity contribution in [2.45, 2.75) is 26.4 Å². The van der Waals surface area contributed by atoms with Crippen LogP contribution in [0.5, 0.6) is 0 Å². The van der Waals surface area contributed by atoms with E-state index in [-0.39, 0.29) is 6.54 Å². The number of benzene rings is 2. The van der Waals surface area contributed by atoms with E-state index >= 15 is 0 Å². The zero-order valence-electron chi connectivity index (χ0n) is 17.9. The molecule has 0 saturated heterocycles. The topological polar surface area (TPSA) is 94.6 Å². The Bertz CT molecular complexity index is 1150. The van der Waals surface area contributed by atoms with E-state index < -0.39 is 23.4 Å². The molecule has 0 radical (unpaired) electrons. The second-order valence-electron chi connectivity index (χ2n) is 7.93. The number of carbonyl (C=O) groups excluding carboxylic acids is 3. The number of hydrogen-bond acceptors (Lipinski definition) is 6. The standard InChI is InChI=1S/C24H24N2O5/c1-24(2,3)31-23(29)17-7-5-6-15(12-17)16-8-9-18-19(10-11-25-20(18)13-16)22(28)26-14-21(27)30-4/h5-13H,14H2,1-4H3,(H,26,28). The van der Waals surface area contributed by atoms with Gasteiger partial charge in [0.15, 0.2) is 0 Å². The largest absolute Gasteiger partial charge is 0.468 e. The number of nitrogens with zero attached hydrogens (tertiary/aromatic N) is 1. The van der Waals surface area contributed by atoms with E-state index in [2.05, 4.69) is 15.0 Å². The van der Waals surface area contributed by atoms with Crippen LogP contribution in [0.1, 0.15) is 41.5 Å². The predicted octanol–water partition coefficient (Wildman–Crippen LogP) is 3.76. The molecule has 0 fully saturated rings. The molecule has 0 bridgehead atoms. The summed E-state index contributed by atoms with van der Waals surface area (Å²) in [6.07, 6.45) is 1.54.